The maximum atomic E-state index is 12.0. The Balaban J connectivity index is 2.76. The zero-order chi connectivity index (χ0) is 16.6. The third-order valence-electron chi connectivity index (χ3n) is 2.95. The van der Waals surface area contributed by atoms with Gasteiger partial charge in [-0.1, -0.05) is 69.6 Å². The van der Waals surface area contributed by atoms with Crippen LogP contribution in [0.1, 0.15) is 17.0 Å². The third kappa shape index (κ3) is 3.59. The molecule has 0 saturated heterocycles. The van der Waals surface area contributed by atoms with Gasteiger partial charge in [0, 0.05) is 41.3 Å². The summed E-state index contributed by atoms with van der Waals surface area (Å²) in [6, 6.07) is 5.83. The van der Waals surface area contributed by atoms with Crippen molar-refractivity contribution in [1.82, 2.24) is 0 Å². The first-order valence-corrected chi connectivity index (χ1v) is 8.07. The Hall–Kier alpha value is -0.350. The van der Waals surface area contributed by atoms with E-state index in [-0.39, 0.29) is 31.2 Å². The molecule has 0 unspecified atom stereocenters. The molecular weight excluding hydrogens is 411 g/mol. The smallest absolute Gasteiger partial charge is 0.229 e. The van der Waals surface area contributed by atoms with Gasteiger partial charge < -0.3 is 5.73 Å². The van der Waals surface area contributed by atoms with E-state index in [9.17, 15) is 4.79 Å². The minimum atomic E-state index is -1.03. The fraction of sp³-hybridized carbons (Fsp3) is 0.0714. The quantitative estimate of drug-likeness (QED) is 0.632. The molecule has 2 aromatic carbocycles. The second-order valence-corrected chi connectivity index (χ2v) is 6.90. The highest BCUT2D eigenvalue weighted by Crippen LogP contribution is 2.43. The van der Waals surface area contributed by atoms with Gasteiger partial charge in [0.25, 0.3) is 0 Å². The van der Waals surface area contributed by atoms with Crippen molar-refractivity contribution < 1.29 is 4.79 Å². The lowest BCUT2D eigenvalue weighted by molar-refractivity contribution is -0.118. The summed E-state index contributed by atoms with van der Waals surface area (Å²) in [5.41, 5.74) is 6.08. The second-order valence-electron chi connectivity index (χ2n) is 4.40. The van der Waals surface area contributed by atoms with Gasteiger partial charge in [0.15, 0.2) is 0 Å². The number of rotatable bonds is 3. The van der Waals surface area contributed by atoms with Crippen molar-refractivity contribution in [2.45, 2.75) is 5.92 Å². The SMILES string of the molecule is NC(=O)C(c1c(Cl)cc(Cl)cc1Cl)c1c(Cl)cc(Cl)cc1Cl. The highest BCUT2D eigenvalue weighted by molar-refractivity contribution is 6.41. The van der Waals surface area contributed by atoms with Crippen LogP contribution in [-0.2, 0) is 4.79 Å². The molecule has 0 aliphatic carbocycles. The molecule has 1 amide bonds. The van der Waals surface area contributed by atoms with Gasteiger partial charge in [0.1, 0.15) is 0 Å². The molecule has 0 fully saturated rings. The first kappa shape index (κ1) is 18.0. The van der Waals surface area contributed by atoms with Gasteiger partial charge in [-0.3, -0.25) is 4.79 Å². The number of hydrogen-bond acceptors (Lipinski definition) is 1. The standard InChI is InChI=1S/C14H7Cl6NO/c15-5-1-7(17)11(8(18)2-5)13(14(21)22)12-9(19)3-6(16)4-10(12)20/h1-4,13H,(H2,21,22). The molecule has 0 saturated carbocycles. The van der Waals surface area contributed by atoms with Gasteiger partial charge in [-0.15, -0.1) is 0 Å². The number of halogens is 6. The van der Waals surface area contributed by atoms with E-state index in [1.807, 2.05) is 0 Å². The molecule has 2 rings (SSSR count). The molecule has 2 N–H and O–H groups in total. The molecule has 0 aliphatic rings. The van der Waals surface area contributed by atoms with Gasteiger partial charge in [-0.2, -0.15) is 0 Å². The number of carbonyl (C=O) groups is 1. The van der Waals surface area contributed by atoms with Crippen molar-refractivity contribution in [2.75, 3.05) is 0 Å². The lowest BCUT2D eigenvalue weighted by Gasteiger charge is -2.20. The van der Waals surface area contributed by atoms with E-state index in [2.05, 4.69) is 0 Å². The summed E-state index contributed by atoms with van der Waals surface area (Å²) in [5, 5.41) is 1.39. The van der Waals surface area contributed by atoms with Gasteiger partial charge in [-0.25, -0.2) is 0 Å². The van der Waals surface area contributed by atoms with Crippen LogP contribution >= 0.6 is 69.6 Å². The van der Waals surface area contributed by atoms with Gasteiger partial charge in [0.2, 0.25) is 5.91 Å². The number of amides is 1. The van der Waals surface area contributed by atoms with Crippen LogP contribution in [-0.4, -0.2) is 5.91 Å². The first-order chi connectivity index (χ1) is 10.2. The summed E-state index contributed by atoms with van der Waals surface area (Å²) in [4.78, 5) is 12.0. The van der Waals surface area contributed by atoms with Crippen LogP contribution in [0.3, 0.4) is 0 Å². The number of nitrogens with two attached hydrogens (primary N) is 1. The van der Waals surface area contributed by atoms with Crippen LogP contribution in [0.5, 0.6) is 0 Å². The van der Waals surface area contributed by atoms with Crippen LogP contribution < -0.4 is 5.73 Å². The van der Waals surface area contributed by atoms with Crippen molar-refractivity contribution in [3.8, 4) is 0 Å². The van der Waals surface area contributed by atoms with Crippen molar-refractivity contribution in [3.05, 3.63) is 65.5 Å². The molecule has 8 heteroatoms. The fourth-order valence-electron chi connectivity index (χ4n) is 2.09. The number of hydrogen-bond donors (Lipinski definition) is 1. The van der Waals surface area contributed by atoms with Crippen LogP contribution in [0, 0.1) is 0 Å². The van der Waals surface area contributed by atoms with Crippen LogP contribution in [0.15, 0.2) is 24.3 Å². The molecule has 0 radical (unpaired) electrons. The van der Waals surface area contributed by atoms with Crippen molar-refractivity contribution >= 4 is 75.5 Å². The van der Waals surface area contributed by atoms with E-state index >= 15 is 0 Å². The summed E-state index contributed by atoms with van der Waals surface area (Å²) in [5.74, 6) is -1.74. The minimum absolute atomic E-state index is 0.184. The van der Waals surface area contributed by atoms with E-state index in [0.717, 1.165) is 0 Å². The average molecular weight is 418 g/mol. The number of benzene rings is 2. The molecule has 0 aliphatic heterocycles. The highest BCUT2D eigenvalue weighted by Gasteiger charge is 2.30. The van der Waals surface area contributed by atoms with E-state index < -0.39 is 11.8 Å². The second kappa shape index (κ2) is 7.04. The van der Waals surface area contributed by atoms with Crippen LogP contribution in [0.25, 0.3) is 0 Å². The van der Waals surface area contributed by atoms with E-state index in [1.54, 1.807) is 0 Å². The Bertz CT molecular complexity index is 657. The molecule has 22 heavy (non-hydrogen) atoms. The highest BCUT2D eigenvalue weighted by atomic mass is 35.5. The Morgan fingerprint density at radius 1 is 0.727 bits per heavy atom. The Morgan fingerprint density at radius 2 is 1.00 bits per heavy atom. The molecule has 0 bridgehead atoms. The number of carbonyl (C=O) groups excluding carboxylic acids is 1. The molecule has 116 valence electrons. The first-order valence-electron chi connectivity index (χ1n) is 5.80. The summed E-state index contributed by atoms with van der Waals surface area (Å²) < 4.78 is 0. The third-order valence-corrected chi connectivity index (χ3v) is 4.64. The van der Waals surface area contributed by atoms with E-state index in [4.69, 9.17) is 75.3 Å². The Labute approximate surface area is 157 Å². The number of primary amides is 1. The molecule has 2 nitrogen and oxygen atoms in total. The molecule has 0 atom stereocenters. The largest absolute Gasteiger partial charge is 0.369 e. The lowest BCUT2D eigenvalue weighted by Crippen LogP contribution is -2.23. The van der Waals surface area contributed by atoms with E-state index in [1.165, 1.54) is 24.3 Å². The monoisotopic (exact) mass is 415 g/mol. The topological polar surface area (TPSA) is 43.1 Å². The minimum Gasteiger partial charge on any atom is -0.369 e. The molecule has 2 aromatic rings. The predicted octanol–water partition coefficient (Wildman–Crippen LogP) is 6.22. The van der Waals surface area contributed by atoms with Crippen LogP contribution in [0.4, 0.5) is 0 Å². The summed E-state index contributed by atoms with van der Waals surface area (Å²) in [6.45, 7) is 0. The zero-order valence-electron chi connectivity index (χ0n) is 10.6. The van der Waals surface area contributed by atoms with E-state index in [0.29, 0.717) is 10.0 Å². The normalized spacial score (nSPS) is 11.0. The van der Waals surface area contributed by atoms with Gasteiger partial charge >= 0.3 is 0 Å². The van der Waals surface area contributed by atoms with Crippen LogP contribution in [0.2, 0.25) is 30.1 Å². The molecule has 0 heterocycles. The maximum Gasteiger partial charge on any atom is 0.229 e. The molecular formula is C14H7Cl6NO. The zero-order valence-corrected chi connectivity index (χ0v) is 15.2. The lowest BCUT2D eigenvalue weighted by atomic mass is 9.90. The van der Waals surface area contributed by atoms with Gasteiger partial charge in [0.05, 0.1) is 5.92 Å². The van der Waals surface area contributed by atoms with Gasteiger partial charge in [-0.05, 0) is 24.3 Å². The fourth-order valence-corrected chi connectivity index (χ4v) is 4.16. The average Bonchev–Trinajstić information content (AvgIpc) is 2.34. The maximum absolute atomic E-state index is 12.0. The van der Waals surface area contributed by atoms with Crippen molar-refractivity contribution in [2.24, 2.45) is 5.73 Å². The molecule has 0 spiro atoms. The predicted molar refractivity (Wildman–Crippen MR) is 94.0 cm³/mol. The van der Waals surface area contributed by atoms with Crippen molar-refractivity contribution in [3.63, 3.8) is 0 Å². The summed E-state index contributed by atoms with van der Waals surface area (Å²) in [6.07, 6.45) is 0. The Kier molecular flexibility index (Phi) is 5.76. The summed E-state index contributed by atoms with van der Waals surface area (Å²) >= 11 is 36.4. The Morgan fingerprint density at radius 3 is 1.23 bits per heavy atom. The summed E-state index contributed by atoms with van der Waals surface area (Å²) in [7, 11) is 0. The molecule has 0 aromatic heterocycles. The van der Waals surface area contributed by atoms with Crippen molar-refractivity contribution in [1.29, 1.82) is 0 Å².